The molecule has 11 heteroatoms. The largest absolute Gasteiger partial charge is 0.489 e. The molecule has 34 heavy (non-hydrogen) atoms. The molecule has 0 bridgehead atoms. The lowest BCUT2D eigenvalue weighted by molar-refractivity contribution is -0.138. The minimum absolute atomic E-state index is 0.0252. The van der Waals surface area contributed by atoms with Crippen LogP contribution < -0.4 is 15.4 Å². The molecule has 0 amide bonds. The van der Waals surface area contributed by atoms with Crippen molar-refractivity contribution in [3.05, 3.63) is 94.0 Å². The van der Waals surface area contributed by atoms with Crippen LogP contribution in [0.1, 0.15) is 17.0 Å². The highest BCUT2D eigenvalue weighted by molar-refractivity contribution is 7.89. The van der Waals surface area contributed by atoms with Crippen LogP contribution in [0.15, 0.2) is 77.7 Å². The summed E-state index contributed by atoms with van der Waals surface area (Å²) in [6, 6.07) is 19.3. The summed E-state index contributed by atoms with van der Waals surface area (Å²) in [5.74, 6) is 1.72. The van der Waals surface area contributed by atoms with Crippen LogP contribution in [0.2, 0.25) is 10.0 Å². The van der Waals surface area contributed by atoms with E-state index < -0.39 is 33.9 Å². The molecule has 3 aromatic rings. The fourth-order valence-corrected chi connectivity index (χ4v) is 5.36. The fraction of sp³-hybridized carbons (Fsp3) is 0.174. The zero-order chi connectivity index (χ0) is 24.9. The van der Waals surface area contributed by atoms with E-state index in [0.717, 1.165) is 11.1 Å². The van der Waals surface area contributed by atoms with Crippen molar-refractivity contribution in [2.45, 2.75) is 23.5 Å². The van der Waals surface area contributed by atoms with Crippen LogP contribution in [0.4, 0.5) is 0 Å². The van der Waals surface area contributed by atoms with Gasteiger partial charge in [-0.2, -0.15) is 0 Å². The van der Waals surface area contributed by atoms with E-state index in [2.05, 4.69) is 10.6 Å². The van der Waals surface area contributed by atoms with E-state index in [1.807, 2.05) is 6.07 Å². The molecule has 5 N–H and O–H groups in total. The highest BCUT2D eigenvalue weighted by Crippen LogP contribution is 2.48. The predicted octanol–water partition coefficient (Wildman–Crippen LogP) is 4.05. The van der Waals surface area contributed by atoms with Crippen molar-refractivity contribution >= 4 is 39.2 Å². The van der Waals surface area contributed by atoms with Crippen molar-refractivity contribution in [1.29, 1.82) is 0 Å². The van der Waals surface area contributed by atoms with Crippen LogP contribution in [-0.4, -0.2) is 30.7 Å². The van der Waals surface area contributed by atoms with Crippen molar-refractivity contribution < 1.29 is 28.3 Å². The summed E-state index contributed by atoms with van der Waals surface area (Å²) in [7, 11) is -3.90. The van der Waals surface area contributed by atoms with Gasteiger partial charge in [-0.3, -0.25) is 4.79 Å². The third-order valence-corrected chi connectivity index (χ3v) is 7.39. The van der Waals surface area contributed by atoms with Gasteiger partial charge >= 0.3 is 5.97 Å². The number of carboxylic acids is 1. The maximum atomic E-state index is 12.8. The van der Waals surface area contributed by atoms with Crippen LogP contribution in [0.3, 0.4) is 0 Å². The molecule has 0 aliphatic heterocycles. The number of ether oxygens (including phenoxy) is 1. The summed E-state index contributed by atoms with van der Waals surface area (Å²) < 4.78 is 33.9. The summed E-state index contributed by atoms with van der Waals surface area (Å²) in [6.07, 6.45) is 0. The summed E-state index contributed by atoms with van der Waals surface area (Å²) in [6.45, 7) is 0.196. The summed E-state index contributed by atoms with van der Waals surface area (Å²) >= 11 is 12.0. The van der Waals surface area contributed by atoms with Crippen molar-refractivity contribution in [3.8, 4) is 5.75 Å². The molecule has 1 aliphatic carbocycles. The molecule has 8 nitrogen and oxygen atoms in total. The lowest BCUT2D eigenvalue weighted by Gasteiger charge is -2.10. The maximum Gasteiger partial charge on any atom is 0.308 e. The van der Waals surface area contributed by atoms with E-state index in [1.165, 1.54) is 24.3 Å². The Morgan fingerprint density at radius 1 is 1.00 bits per heavy atom. The second-order valence-electron chi connectivity index (χ2n) is 7.44. The van der Waals surface area contributed by atoms with Gasteiger partial charge in [0.1, 0.15) is 12.4 Å². The van der Waals surface area contributed by atoms with Gasteiger partial charge in [-0.05, 0) is 42.0 Å². The highest BCUT2D eigenvalue weighted by atomic mass is 35.5. The monoisotopic (exact) mass is 524 g/mol. The molecule has 3 atom stereocenters. The Hall–Kier alpha value is -2.66. The lowest BCUT2D eigenvalue weighted by atomic mass is 10.1. The second kappa shape index (κ2) is 11.2. The first-order valence-corrected chi connectivity index (χ1v) is 12.2. The summed E-state index contributed by atoms with van der Waals surface area (Å²) in [4.78, 5) is 11.6. The number of sulfonamides is 1. The Morgan fingerprint density at radius 2 is 1.65 bits per heavy atom. The van der Waals surface area contributed by atoms with Gasteiger partial charge in [0.15, 0.2) is 0 Å². The molecule has 0 heterocycles. The third-order valence-electron chi connectivity index (χ3n) is 5.32. The van der Waals surface area contributed by atoms with Gasteiger partial charge in [0, 0.05) is 27.6 Å². The molecule has 1 aliphatic rings. The van der Waals surface area contributed by atoms with E-state index in [1.54, 1.807) is 42.5 Å². The number of aliphatic carboxylic acids is 1. The zero-order valence-electron chi connectivity index (χ0n) is 17.6. The number of nitrogens with two attached hydrogens (primary N) is 1. The normalized spacial score (nSPS) is 19.0. The minimum Gasteiger partial charge on any atom is -0.489 e. The van der Waals surface area contributed by atoms with Gasteiger partial charge in [-0.15, -0.1) is 0 Å². The van der Waals surface area contributed by atoms with Crippen molar-refractivity contribution in [2.75, 3.05) is 0 Å². The van der Waals surface area contributed by atoms with Gasteiger partial charge in [0.25, 0.3) is 0 Å². The first kappa shape index (κ1) is 26.0. The van der Waals surface area contributed by atoms with Crippen molar-refractivity contribution in [1.82, 2.24) is 4.72 Å². The van der Waals surface area contributed by atoms with Crippen LogP contribution in [0.5, 0.6) is 5.75 Å². The van der Waals surface area contributed by atoms with E-state index in [-0.39, 0.29) is 11.5 Å². The number of carboxylic acid groups (broad SMARTS) is 1. The third kappa shape index (κ3) is 6.06. The summed E-state index contributed by atoms with van der Waals surface area (Å²) in [5, 5.41) is 17.0. The molecule has 0 saturated heterocycles. The van der Waals surface area contributed by atoms with Crippen LogP contribution in [-0.2, 0) is 21.4 Å². The average Bonchev–Trinajstić information content (AvgIpc) is 3.54. The molecule has 0 spiro atoms. The number of carbonyl (C=O) groups is 1. The predicted molar refractivity (Wildman–Crippen MR) is 128 cm³/mol. The number of rotatable bonds is 8. The van der Waals surface area contributed by atoms with Crippen molar-refractivity contribution in [3.63, 3.8) is 0 Å². The first-order chi connectivity index (χ1) is 16.3. The van der Waals surface area contributed by atoms with Gasteiger partial charge in [0.2, 0.25) is 10.0 Å². The Morgan fingerprint density at radius 3 is 2.24 bits per heavy atom. The Bertz CT molecular complexity index is 1240. The second-order valence-corrected chi connectivity index (χ2v) is 10.0. The minimum atomic E-state index is -3.90. The van der Waals surface area contributed by atoms with E-state index in [9.17, 15) is 18.3 Å². The van der Waals surface area contributed by atoms with E-state index in [0.29, 0.717) is 15.8 Å². The standard InChI is InChI=1S/C23H19Cl2NO5S.H3NO/c24-16-7-6-15(19(25)12-16)13-31-17-8-10-18(11-9-17)32(29,30)26-22-20(21(22)23(27)28)14-4-2-1-3-5-14;1-2/h1-12,20-22,26H,13H2,(H,27,28);2H,1H2/t20-,21?,22-;/m1./s1. The quantitative estimate of drug-likeness (QED) is 0.326. The molecule has 0 radical (unpaired) electrons. The highest BCUT2D eigenvalue weighted by Gasteiger charge is 2.57. The molecular formula is C23H22Cl2N2O6S. The molecule has 3 aromatic carbocycles. The topological polar surface area (TPSA) is 139 Å². The Labute approximate surface area is 206 Å². The lowest BCUT2D eigenvalue weighted by Crippen LogP contribution is -2.28. The van der Waals surface area contributed by atoms with Gasteiger partial charge in [-0.1, -0.05) is 59.6 Å². The van der Waals surface area contributed by atoms with Gasteiger partial charge in [-0.25, -0.2) is 19.0 Å². The number of halogens is 2. The molecular weight excluding hydrogens is 503 g/mol. The molecule has 4 rings (SSSR count). The fourth-order valence-electron chi connectivity index (χ4n) is 3.62. The number of hydrogen-bond acceptors (Lipinski definition) is 6. The maximum absolute atomic E-state index is 12.8. The summed E-state index contributed by atoms with van der Waals surface area (Å²) in [5.41, 5.74) is 1.53. The molecule has 1 saturated carbocycles. The van der Waals surface area contributed by atoms with E-state index >= 15 is 0 Å². The SMILES string of the molecule is NO.O=C(O)C1[C@@H](c2ccccc2)[C@H]1NS(=O)(=O)c1ccc(OCc2ccc(Cl)cc2Cl)cc1. The molecule has 180 valence electrons. The Kier molecular flexibility index (Phi) is 8.53. The van der Waals surface area contributed by atoms with Crippen LogP contribution in [0.25, 0.3) is 0 Å². The van der Waals surface area contributed by atoms with Gasteiger partial charge in [0.05, 0.1) is 10.8 Å². The number of hydrogen-bond donors (Lipinski definition) is 4. The molecule has 1 fully saturated rings. The average molecular weight is 525 g/mol. The number of benzene rings is 3. The zero-order valence-corrected chi connectivity index (χ0v) is 20.0. The Balaban J connectivity index is 0.00000158. The van der Waals surface area contributed by atoms with Crippen LogP contribution >= 0.6 is 23.2 Å². The van der Waals surface area contributed by atoms with Crippen LogP contribution in [0, 0.1) is 5.92 Å². The smallest absolute Gasteiger partial charge is 0.308 e. The molecule has 0 aromatic heterocycles. The first-order valence-electron chi connectivity index (χ1n) is 9.99. The van der Waals surface area contributed by atoms with Gasteiger partial charge < -0.3 is 15.1 Å². The molecule has 1 unspecified atom stereocenters. The number of nitrogens with one attached hydrogen (secondary N) is 1. The van der Waals surface area contributed by atoms with E-state index in [4.69, 9.17) is 33.1 Å². The van der Waals surface area contributed by atoms with Crippen molar-refractivity contribution in [2.24, 2.45) is 11.8 Å².